The first-order chi connectivity index (χ1) is 18.5. The molecule has 1 aromatic heterocycles. The van der Waals surface area contributed by atoms with Gasteiger partial charge in [0.25, 0.3) is 0 Å². The number of amides is 1. The molecule has 1 aliphatic rings. The molecule has 196 valence electrons. The second-order valence-corrected chi connectivity index (χ2v) is 9.66. The quantitative estimate of drug-likeness (QED) is 0.341. The third-order valence-electron chi connectivity index (χ3n) is 6.96. The van der Waals surface area contributed by atoms with E-state index in [0.717, 1.165) is 36.3 Å². The van der Waals surface area contributed by atoms with Crippen molar-refractivity contribution >= 4 is 23.0 Å². The molecule has 0 spiro atoms. The monoisotopic (exact) mass is 513 g/mol. The summed E-state index contributed by atoms with van der Waals surface area (Å²) in [6.07, 6.45) is 2.56. The normalized spacial score (nSPS) is 14.4. The van der Waals surface area contributed by atoms with Gasteiger partial charge in [-0.3, -0.25) is 9.36 Å². The second-order valence-electron chi connectivity index (χ2n) is 9.66. The number of hydrogen-bond acceptors (Lipinski definition) is 6. The molecular formula is C30H31N3O5. The molecule has 0 unspecified atom stereocenters. The first-order valence-corrected chi connectivity index (χ1v) is 12.9. The predicted octanol–water partition coefficient (Wildman–Crippen LogP) is 3.93. The zero-order chi connectivity index (χ0) is 26.5. The van der Waals surface area contributed by atoms with Gasteiger partial charge in [0.05, 0.1) is 37.2 Å². The summed E-state index contributed by atoms with van der Waals surface area (Å²) < 4.78 is 11.7. The number of carbonyl (C=O) groups is 2. The highest BCUT2D eigenvalue weighted by atomic mass is 16.5. The Labute approximate surface area is 220 Å². The Hall–Kier alpha value is -4.17. The number of aromatic nitrogens is 1. The molecule has 5 rings (SSSR count). The minimum atomic E-state index is -0.500. The topological polar surface area (TPSA) is 93.8 Å². The summed E-state index contributed by atoms with van der Waals surface area (Å²) in [6.45, 7) is 3.10. The maximum absolute atomic E-state index is 13.2. The number of methoxy groups -OCH3 is 1. The number of nitrogens with zero attached hydrogens (tertiary/aromatic N) is 2. The maximum Gasteiger partial charge on any atom is 0.420 e. The third kappa shape index (κ3) is 5.86. The van der Waals surface area contributed by atoms with Gasteiger partial charge in [-0.05, 0) is 66.9 Å². The molecule has 38 heavy (non-hydrogen) atoms. The number of rotatable bonds is 9. The number of esters is 1. The predicted molar refractivity (Wildman–Crippen MR) is 144 cm³/mol. The number of hydrogen-bond donors (Lipinski definition) is 1. The van der Waals surface area contributed by atoms with Crippen LogP contribution in [0.3, 0.4) is 0 Å². The van der Waals surface area contributed by atoms with Gasteiger partial charge in [-0.25, -0.2) is 9.59 Å². The first-order valence-electron chi connectivity index (χ1n) is 12.9. The van der Waals surface area contributed by atoms with E-state index in [4.69, 9.17) is 9.15 Å². The molecule has 0 saturated carbocycles. The van der Waals surface area contributed by atoms with E-state index in [-0.39, 0.29) is 24.9 Å². The Balaban J connectivity index is 1.34. The van der Waals surface area contributed by atoms with Crippen molar-refractivity contribution in [2.75, 3.05) is 26.7 Å². The Morgan fingerprint density at radius 1 is 0.974 bits per heavy atom. The van der Waals surface area contributed by atoms with Crippen LogP contribution in [0.2, 0.25) is 0 Å². The van der Waals surface area contributed by atoms with Crippen LogP contribution >= 0.6 is 0 Å². The average Bonchev–Trinajstić information content (AvgIpc) is 3.56. The second kappa shape index (κ2) is 11.5. The first kappa shape index (κ1) is 25.5. The molecule has 1 atom stereocenters. The Morgan fingerprint density at radius 3 is 2.53 bits per heavy atom. The van der Waals surface area contributed by atoms with Crippen LogP contribution in [-0.4, -0.2) is 48.1 Å². The summed E-state index contributed by atoms with van der Waals surface area (Å²) in [7, 11) is 1.33. The molecule has 2 heterocycles. The molecule has 1 saturated heterocycles. The molecule has 0 aliphatic carbocycles. The van der Waals surface area contributed by atoms with Crippen molar-refractivity contribution < 1.29 is 18.7 Å². The van der Waals surface area contributed by atoms with Crippen molar-refractivity contribution in [3.05, 3.63) is 106 Å². The number of likely N-dealkylation sites (tertiary alicyclic amines) is 1. The lowest BCUT2D eigenvalue weighted by atomic mass is 10.1. The summed E-state index contributed by atoms with van der Waals surface area (Å²) in [5, 5.41) is 3.22. The van der Waals surface area contributed by atoms with E-state index < -0.39 is 11.7 Å². The van der Waals surface area contributed by atoms with E-state index in [1.54, 1.807) is 24.3 Å². The zero-order valence-electron chi connectivity index (χ0n) is 21.4. The van der Waals surface area contributed by atoms with Crippen LogP contribution in [0.25, 0.3) is 11.1 Å². The number of carbonyl (C=O) groups excluding carboxylic acids is 2. The molecule has 0 bridgehead atoms. The molecule has 1 fully saturated rings. The lowest BCUT2D eigenvalue weighted by molar-refractivity contribution is -0.121. The lowest BCUT2D eigenvalue weighted by Gasteiger charge is -2.25. The summed E-state index contributed by atoms with van der Waals surface area (Å²) in [5.41, 5.74) is 4.07. The fraction of sp³-hybridized carbons (Fsp3) is 0.300. The number of nitrogens with one attached hydrogen (secondary N) is 1. The lowest BCUT2D eigenvalue weighted by Crippen LogP contribution is -2.37. The highest BCUT2D eigenvalue weighted by Crippen LogP contribution is 2.20. The van der Waals surface area contributed by atoms with Gasteiger partial charge >= 0.3 is 11.7 Å². The highest BCUT2D eigenvalue weighted by Gasteiger charge is 2.21. The van der Waals surface area contributed by atoms with Crippen molar-refractivity contribution in [1.29, 1.82) is 0 Å². The smallest absolute Gasteiger partial charge is 0.420 e. The number of fused-ring (bicyclic) bond motifs is 1. The number of oxazole rings is 1. The molecule has 8 heteroatoms. The van der Waals surface area contributed by atoms with Crippen molar-refractivity contribution in [1.82, 2.24) is 14.8 Å². The maximum atomic E-state index is 13.2. The minimum Gasteiger partial charge on any atom is -0.465 e. The summed E-state index contributed by atoms with van der Waals surface area (Å²) in [4.78, 5) is 40.1. The summed E-state index contributed by atoms with van der Waals surface area (Å²) in [6, 6.07) is 22.2. The summed E-state index contributed by atoms with van der Waals surface area (Å²) >= 11 is 0. The fourth-order valence-corrected chi connectivity index (χ4v) is 5.04. The van der Waals surface area contributed by atoms with E-state index in [1.807, 2.05) is 48.5 Å². The minimum absolute atomic E-state index is 0.0828. The van der Waals surface area contributed by atoms with Crippen LogP contribution in [0.4, 0.5) is 0 Å². The van der Waals surface area contributed by atoms with Crippen LogP contribution in [0.15, 0.2) is 82.0 Å². The van der Waals surface area contributed by atoms with Crippen molar-refractivity contribution in [3.8, 4) is 0 Å². The van der Waals surface area contributed by atoms with Crippen molar-refractivity contribution in [2.24, 2.45) is 0 Å². The zero-order valence-corrected chi connectivity index (χ0v) is 21.4. The molecule has 1 N–H and O–H groups in total. The van der Waals surface area contributed by atoms with E-state index >= 15 is 0 Å². The molecule has 0 radical (unpaired) electrons. The standard InChI is InChI=1S/C30H31N3O5/c1-37-29(35)24-11-7-8-22(16-24)19-33-26-17-21(12-13-27(26)38-30(33)36)18-28(34)31-25(20-32-14-5-6-15-32)23-9-3-2-4-10-23/h2-4,7-13,16-17,25H,5-6,14-15,18-20H2,1H3,(H,31,34)/t25-/m1/s1. The Morgan fingerprint density at radius 2 is 1.76 bits per heavy atom. The molecule has 3 aromatic carbocycles. The van der Waals surface area contributed by atoms with Gasteiger partial charge in [-0.2, -0.15) is 0 Å². The van der Waals surface area contributed by atoms with Gasteiger partial charge in [0, 0.05) is 6.54 Å². The average molecular weight is 514 g/mol. The molecular weight excluding hydrogens is 482 g/mol. The third-order valence-corrected chi connectivity index (χ3v) is 6.96. The van der Waals surface area contributed by atoms with Crippen LogP contribution in [0, 0.1) is 0 Å². The van der Waals surface area contributed by atoms with Crippen LogP contribution < -0.4 is 11.1 Å². The highest BCUT2D eigenvalue weighted by molar-refractivity contribution is 5.89. The van der Waals surface area contributed by atoms with Gasteiger partial charge in [0.15, 0.2) is 5.58 Å². The molecule has 1 aliphatic heterocycles. The molecule has 1 amide bonds. The van der Waals surface area contributed by atoms with Crippen LogP contribution in [-0.2, 0) is 22.5 Å². The largest absolute Gasteiger partial charge is 0.465 e. The summed E-state index contributed by atoms with van der Waals surface area (Å²) in [5.74, 6) is -1.02. The van der Waals surface area contributed by atoms with Crippen LogP contribution in [0.5, 0.6) is 0 Å². The van der Waals surface area contributed by atoms with E-state index in [1.165, 1.54) is 24.5 Å². The fourth-order valence-electron chi connectivity index (χ4n) is 5.04. The number of ether oxygens (including phenoxy) is 1. The van der Waals surface area contributed by atoms with Crippen molar-refractivity contribution in [2.45, 2.75) is 31.8 Å². The van der Waals surface area contributed by atoms with E-state index in [0.29, 0.717) is 16.7 Å². The SMILES string of the molecule is COC(=O)c1cccc(Cn2c(=O)oc3ccc(CC(=O)N[C@H](CN4CCCC4)c4ccccc4)cc32)c1. The molecule has 8 nitrogen and oxygen atoms in total. The van der Waals surface area contributed by atoms with E-state index in [2.05, 4.69) is 10.2 Å². The van der Waals surface area contributed by atoms with Gasteiger partial charge < -0.3 is 19.4 Å². The Bertz CT molecular complexity index is 1480. The van der Waals surface area contributed by atoms with Gasteiger partial charge in [0.2, 0.25) is 5.91 Å². The Kier molecular flexibility index (Phi) is 7.70. The van der Waals surface area contributed by atoms with Gasteiger partial charge in [0.1, 0.15) is 0 Å². The number of benzene rings is 3. The van der Waals surface area contributed by atoms with Gasteiger partial charge in [-0.15, -0.1) is 0 Å². The molecule has 4 aromatic rings. The van der Waals surface area contributed by atoms with Crippen molar-refractivity contribution in [3.63, 3.8) is 0 Å². The van der Waals surface area contributed by atoms with Gasteiger partial charge in [-0.1, -0.05) is 48.5 Å². The van der Waals surface area contributed by atoms with Crippen LogP contribution in [0.1, 0.15) is 45.9 Å². The van der Waals surface area contributed by atoms with E-state index in [9.17, 15) is 14.4 Å².